The molecule has 0 fully saturated rings. The van der Waals surface area contributed by atoms with Gasteiger partial charge in [-0.2, -0.15) is 0 Å². The van der Waals surface area contributed by atoms with E-state index < -0.39 is 0 Å². The second kappa shape index (κ2) is 7.99. The van der Waals surface area contributed by atoms with E-state index in [9.17, 15) is 0 Å². The molecule has 0 amide bonds. The first kappa shape index (κ1) is 17.9. The number of nitrogens with one attached hydrogen (secondary N) is 1. The monoisotopic (exact) mass is 361 g/mol. The summed E-state index contributed by atoms with van der Waals surface area (Å²) in [5, 5.41) is 8.62. The quantitative estimate of drug-likeness (QED) is 0.655. The molecule has 3 rings (SSSR count). The van der Waals surface area contributed by atoms with E-state index in [2.05, 4.69) is 27.4 Å². The molecule has 2 heterocycles. The maximum atomic E-state index is 5.22. The van der Waals surface area contributed by atoms with Gasteiger partial charge >= 0.3 is 0 Å². The van der Waals surface area contributed by atoms with Crippen molar-refractivity contribution >= 4 is 17.3 Å². The number of fused-ring (bicyclic) bond motifs is 1. The molecule has 0 atom stereocenters. The van der Waals surface area contributed by atoms with Crippen molar-refractivity contribution < 1.29 is 4.52 Å². The van der Waals surface area contributed by atoms with Crippen LogP contribution in [-0.4, -0.2) is 41.6 Å². The van der Waals surface area contributed by atoms with E-state index in [1.807, 2.05) is 32.2 Å². The van der Waals surface area contributed by atoms with Gasteiger partial charge in [0, 0.05) is 31.1 Å². The highest BCUT2D eigenvalue weighted by Gasteiger charge is 2.17. The maximum absolute atomic E-state index is 5.22. The highest BCUT2D eigenvalue weighted by molar-refractivity contribution is 7.11. The molecule has 2 aromatic rings. The van der Waals surface area contributed by atoms with Crippen LogP contribution < -0.4 is 5.32 Å². The molecule has 0 spiro atoms. The standard InChI is InChI=1S/C18H27N5OS/c1-12-14(13(2)24-22-12)9-10-20-18(19-3)23(4)11-17-21-15-7-5-6-8-16(15)25-17/h5-11H2,1-4H3,(H,19,20). The summed E-state index contributed by atoms with van der Waals surface area (Å²) in [5.41, 5.74) is 3.47. The van der Waals surface area contributed by atoms with Crippen LogP contribution in [0, 0.1) is 13.8 Å². The minimum atomic E-state index is 0.794. The Hall–Kier alpha value is -1.89. The number of hydrogen-bond acceptors (Lipinski definition) is 5. The van der Waals surface area contributed by atoms with Crippen molar-refractivity contribution in [1.82, 2.24) is 20.4 Å². The highest BCUT2D eigenvalue weighted by Crippen LogP contribution is 2.27. The minimum Gasteiger partial charge on any atom is -0.361 e. The predicted octanol–water partition coefficient (Wildman–Crippen LogP) is 2.88. The molecule has 136 valence electrons. The summed E-state index contributed by atoms with van der Waals surface area (Å²) >= 11 is 1.86. The zero-order chi connectivity index (χ0) is 17.8. The summed E-state index contributed by atoms with van der Waals surface area (Å²) in [4.78, 5) is 12.8. The molecule has 0 aromatic carbocycles. The van der Waals surface area contributed by atoms with Gasteiger partial charge in [-0.3, -0.25) is 4.99 Å². The number of aliphatic imine (C=N–C) groups is 1. The molecule has 1 aliphatic rings. The summed E-state index contributed by atoms with van der Waals surface area (Å²) < 4.78 is 5.22. The van der Waals surface area contributed by atoms with E-state index in [0.29, 0.717) is 0 Å². The average molecular weight is 362 g/mol. The Bertz CT molecular complexity index is 706. The fourth-order valence-corrected chi connectivity index (χ4v) is 4.50. The van der Waals surface area contributed by atoms with E-state index >= 15 is 0 Å². The predicted molar refractivity (Wildman–Crippen MR) is 101 cm³/mol. The van der Waals surface area contributed by atoms with Crippen LogP contribution in [0.2, 0.25) is 0 Å². The molecule has 0 saturated heterocycles. The van der Waals surface area contributed by atoms with Crippen LogP contribution in [0.1, 0.15) is 45.4 Å². The zero-order valence-corrected chi connectivity index (χ0v) is 16.4. The number of rotatable bonds is 5. The number of aryl methyl sites for hydroxylation is 4. The summed E-state index contributed by atoms with van der Waals surface area (Å²) in [6.45, 7) is 5.54. The zero-order valence-electron chi connectivity index (χ0n) is 15.6. The van der Waals surface area contributed by atoms with Gasteiger partial charge in [0.15, 0.2) is 5.96 Å². The first-order chi connectivity index (χ1) is 12.1. The Labute approximate surface area is 153 Å². The Morgan fingerprint density at radius 3 is 2.80 bits per heavy atom. The number of guanidine groups is 1. The van der Waals surface area contributed by atoms with Crippen molar-refractivity contribution in [3.8, 4) is 0 Å². The van der Waals surface area contributed by atoms with Gasteiger partial charge in [-0.25, -0.2) is 4.98 Å². The van der Waals surface area contributed by atoms with Crippen molar-refractivity contribution in [3.05, 3.63) is 32.6 Å². The number of hydrogen-bond donors (Lipinski definition) is 1. The number of aromatic nitrogens is 2. The van der Waals surface area contributed by atoms with Crippen molar-refractivity contribution in [2.45, 2.75) is 52.5 Å². The van der Waals surface area contributed by atoms with E-state index in [1.54, 1.807) is 0 Å². The molecule has 1 aliphatic carbocycles. The van der Waals surface area contributed by atoms with Crippen LogP contribution in [0.15, 0.2) is 9.52 Å². The van der Waals surface area contributed by atoms with Crippen molar-refractivity contribution in [2.75, 3.05) is 20.6 Å². The van der Waals surface area contributed by atoms with Crippen LogP contribution in [0.5, 0.6) is 0 Å². The van der Waals surface area contributed by atoms with Gasteiger partial charge in [0.05, 0.1) is 17.9 Å². The topological polar surface area (TPSA) is 66.6 Å². The molecule has 7 heteroatoms. The Morgan fingerprint density at radius 2 is 2.12 bits per heavy atom. The molecule has 6 nitrogen and oxygen atoms in total. The van der Waals surface area contributed by atoms with E-state index in [-0.39, 0.29) is 0 Å². The van der Waals surface area contributed by atoms with Gasteiger partial charge in [-0.05, 0) is 46.0 Å². The van der Waals surface area contributed by atoms with Crippen LogP contribution in [0.25, 0.3) is 0 Å². The molecule has 25 heavy (non-hydrogen) atoms. The third-order valence-corrected chi connectivity index (χ3v) is 5.82. The normalized spacial score (nSPS) is 14.5. The van der Waals surface area contributed by atoms with Gasteiger partial charge in [-0.1, -0.05) is 5.16 Å². The van der Waals surface area contributed by atoms with Gasteiger partial charge in [-0.15, -0.1) is 11.3 Å². The third-order valence-electron chi connectivity index (χ3n) is 4.68. The molecule has 0 bridgehead atoms. The van der Waals surface area contributed by atoms with Crippen molar-refractivity contribution in [1.29, 1.82) is 0 Å². The van der Waals surface area contributed by atoms with Crippen LogP contribution >= 0.6 is 11.3 Å². The Morgan fingerprint density at radius 1 is 1.32 bits per heavy atom. The van der Waals surface area contributed by atoms with Gasteiger partial charge in [0.2, 0.25) is 0 Å². The summed E-state index contributed by atoms with van der Waals surface area (Å²) in [6, 6.07) is 0. The lowest BCUT2D eigenvalue weighted by Crippen LogP contribution is -2.39. The van der Waals surface area contributed by atoms with Gasteiger partial charge in [0.25, 0.3) is 0 Å². The molecular formula is C18H27N5OS. The first-order valence-electron chi connectivity index (χ1n) is 8.89. The van der Waals surface area contributed by atoms with Gasteiger partial charge in [0.1, 0.15) is 10.8 Å². The molecule has 0 saturated carbocycles. The van der Waals surface area contributed by atoms with E-state index in [4.69, 9.17) is 9.51 Å². The molecular weight excluding hydrogens is 334 g/mol. The lowest BCUT2D eigenvalue weighted by atomic mass is 10.0. The van der Waals surface area contributed by atoms with E-state index in [0.717, 1.165) is 43.3 Å². The second-order valence-corrected chi connectivity index (χ2v) is 7.74. The minimum absolute atomic E-state index is 0.794. The van der Waals surface area contributed by atoms with Crippen LogP contribution in [-0.2, 0) is 25.8 Å². The fraction of sp³-hybridized carbons (Fsp3) is 0.611. The molecule has 2 aromatic heterocycles. The summed E-state index contributed by atoms with van der Waals surface area (Å²) in [7, 11) is 3.88. The lowest BCUT2D eigenvalue weighted by molar-refractivity contribution is 0.392. The van der Waals surface area contributed by atoms with Crippen molar-refractivity contribution in [2.24, 2.45) is 4.99 Å². The van der Waals surface area contributed by atoms with Crippen LogP contribution in [0.3, 0.4) is 0 Å². The molecule has 0 unspecified atom stereocenters. The Kier molecular flexibility index (Phi) is 5.73. The largest absolute Gasteiger partial charge is 0.361 e. The molecule has 0 aliphatic heterocycles. The highest BCUT2D eigenvalue weighted by atomic mass is 32.1. The third kappa shape index (κ3) is 4.21. The summed E-state index contributed by atoms with van der Waals surface area (Å²) in [6.07, 6.45) is 5.78. The lowest BCUT2D eigenvalue weighted by Gasteiger charge is -2.21. The first-order valence-corrected chi connectivity index (χ1v) is 9.71. The van der Waals surface area contributed by atoms with Crippen molar-refractivity contribution in [3.63, 3.8) is 0 Å². The Balaban J connectivity index is 1.54. The summed E-state index contributed by atoms with van der Waals surface area (Å²) in [5.74, 6) is 1.79. The SMILES string of the molecule is CN=C(NCCc1c(C)noc1C)N(C)Cc1nc2c(s1)CCCC2. The maximum Gasteiger partial charge on any atom is 0.193 e. The molecule has 1 N–H and O–H groups in total. The molecule has 0 radical (unpaired) electrons. The van der Waals surface area contributed by atoms with Gasteiger partial charge < -0.3 is 14.7 Å². The van der Waals surface area contributed by atoms with E-state index in [1.165, 1.54) is 40.4 Å². The average Bonchev–Trinajstić information content (AvgIpc) is 3.15. The fourth-order valence-electron chi connectivity index (χ4n) is 3.29. The number of nitrogens with zero attached hydrogens (tertiary/aromatic N) is 4. The second-order valence-electron chi connectivity index (χ2n) is 6.57. The van der Waals surface area contributed by atoms with Crippen LogP contribution in [0.4, 0.5) is 0 Å². The smallest absolute Gasteiger partial charge is 0.193 e. The number of thiazole rings is 1.